The first-order valence-corrected chi connectivity index (χ1v) is 7.62. The molecule has 1 nitrogen and oxygen atoms in total. The van der Waals surface area contributed by atoms with Crippen molar-refractivity contribution >= 4 is 27.5 Å². The second kappa shape index (κ2) is 7.21. The molecule has 1 N–H and O–H groups in total. The highest BCUT2D eigenvalue weighted by Crippen LogP contribution is 2.28. The van der Waals surface area contributed by atoms with Crippen LogP contribution in [0.1, 0.15) is 17.0 Å². The van der Waals surface area contributed by atoms with Crippen molar-refractivity contribution in [2.75, 3.05) is 13.6 Å². The molecular formula is C16H16BrClFN. The lowest BCUT2D eigenvalue weighted by molar-refractivity contribution is 0.608. The van der Waals surface area contributed by atoms with Gasteiger partial charge in [0.1, 0.15) is 5.82 Å². The predicted octanol–water partition coefficient (Wildman–Crippen LogP) is 4.79. The van der Waals surface area contributed by atoms with E-state index in [1.807, 2.05) is 25.2 Å². The van der Waals surface area contributed by atoms with Gasteiger partial charge in [0.2, 0.25) is 0 Å². The number of likely N-dealkylation sites (N-methyl/N-ethyl adjacent to an activating group) is 1. The van der Waals surface area contributed by atoms with Crippen LogP contribution >= 0.6 is 27.5 Å². The monoisotopic (exact) mass is 355 g/mol. The second-order valence-electron chi connectivity index (χ2n) is 4.73. The molecule has 0 radical (unpaired) electrons. The molecule has 2 aromatic carbocycles. The summed E-state index contributed by atoms with van der Waals surface area (Å²) in [7, 11) is 1.91. The molecule has 0 heterocycles. The Morgan fingerprint density at radius 1 is 1.25 bits per heavy atom. The van der Waals surface area contributed by atoms with E-state index >= 15 is 0 Å². The van der Waals surface area contributed by atoms with Crippen LogP contribution in [0.5, 0.6) is 0 Å². The second-order valence-corrected chi connectivity index (χ2v) is 6.02. The summed E-state index contributed by atoms with van der Waals surface area (Å²) in [6.45, 7) is 0.809. The molecule has 0 aliphatic carbocycles. The van der Waals surface area contributed by atoms with Crippen molar-refractivity contribution in [3.63, 3.8) is 0 Å². The summed E-state index contributed by atoms with van der Waals surface area (Å²) >= 11 is 9.54. The Kier molecular flexibility index (Phi) is 5.58. The molecule has 0 fully saturated rings. The quantitative estimate of drug-likeness (QED) is 0.812. The van der Waals surface area contributed by atoms with E-state index in [2.05, 4.69) is 33.4 Å². The zero-order valence-corrected chi connectivity index (χ0v) is 13.5. The van der Waals surface area contributed by atoms with E-state index in [4.69, 9.17) is 11.6 Å². The number of hydrogen-bond donors (Lipinski definition) is 1. The lowest BCUT2D eigenvalue weighted by Gasteiger charge is -2.18. The largest absolute Gasteiger partial charge is 0.319 e. The zero-order valence-electron chi connectivity index (χ0n) is 11.2. The number of halogens is 3. The molecule has 0 spiro atoms. The first-order chi connectivity index (χ1) is 9.61. The molecule has 106 valence electrons. The van der Waals surface area contributed by atoms with Gasteiger partial charge in [0, 0.05) is 16.9 Å². The summed E-state index contributed by atoms with van der Waals surface area (Å²) < 4.78 is 14.6. The third-order valence-corrected chi connectivity index (χ3v) is 4.19. The Bertz CT molecular complexity index is 588. The Hall–Kier alpha value is -0.900. The van der Waals surface area contributed by atoms with Crippen LogP contribution in [0.3, 0.4) is 0 Å². The topological polar surface area (TPSA) is 12.0 Å². The standard InChI is InChI=1S/C16H16BrClFN/c1-20-10-13(11-4-2-6-14(17)9-11)8-12-5-3-7-15(19)16(12)18/h2-7,9,13,20H,8,10H2,1H3. The van der Waals surface area contributed by atoms with E-state index in [1.165, 1.54) is 11.6 Å². The maximum atomic E-state index is 13.5. The van der Waals surface area contributed by atoms with Gasteiger partial charge in [0.15, 0.2) is 0 Å². The molecule has 0 aromatic heterocycles. The lowest BCUT2D eigenvalue weighted by atomic mass is 9.92. The number of rotatable bonds is 5. The van der Waals surface area contributed by atoms with Crippen molar-refractivity contribution in [3.8, 4) is 0 Å². The SMILES string of the molecule is CNCC(Cc1cccc(F)c1Cl)c1cccc(Br)c1. The molecule has 20 heavy (non-hydrogen) atoms. The van der Waals surface area contributed by atoms with Crippen molar-refractivity contribution in [1.82, 2.24) is 5.32 Å². The fourth-order valence-electron chi connectivity index (χ4n) is 2.29. The molecule has 0 aliphatic heterocycles. The molecule has 4 heteroatoms. The molecule has 0 bridgehead atoms. The Labute approximate surface area is 132 Å². The van der Waals surface area contributed by atoms with Crippen LogP contribution < -0.4 is 5.32 Å². The van der Waals surface area contributed by atoms with Crippen molar-refractivity contribution in [2.24, 2.45) is 0 Å². The maximum absolute atomic E-state index is 13.5. The Morgan fingerprint density at radius 2 is 2.00 bits per heavy atom. The van der Waals surface area contributed by atoms with Gasteiger partial charge in [0.25, 0.3) is 0 Å². The van der Waals surface area contributed by atoms with Gasteiger partial charge in [-0.25, -0.2) is 4.39 Å². The normalized spacial score (nSPS) is 12.4. The molecule has 2 rings (SSSR count). The molecule has 2 aromatic rings. The van der Waals surface area contributed by atoms with Crippen LogP contribution in [0, 0.1) is 5.82 Å². The Balaban J connectivity index is 2.28. The first kappa shape index (κ1) is 15.5. The molecule has 0 saturated heterocycles. The summed E-state index contributed by atoms with van der Waals surface area (Å²) in [6, 6.07) is 13.2. The molecule has 0 aliphatic rings. The summed E-state index contributed by atoms with van der Waals surface area (Å²) in [5.74, 6) is -0.113. The zero-order chi connectivity index (χ0) is 14.5. The average Bonchev–Trinajstić information content (AvgIpc) is 2.43. The van der Waals surface area contributed by atoms with Crippen LogP contribution in [-0.4, -0.2) is 13.6 Å². The van der Waals surface area contributed by atoms with Gasteiger partial charge >= 0.3 is 0 Å². The number of nitrogens with one attached hydrogen (secondary N) is 1. The fraction of sp³-hybridized carbons (Fsp3) is 0.250. The lowest BCUT2D eigenvalue weighted by Crippen LogP contribution is -2.19. The smallest absolute Gasteiger partial charge is 0.142 e. The van der Waals surface area contributed by atoms with Gasteiger partial charge in [-0.05, 0) is 42.8 Å². The Morgan fingerprint density at radius 3 is 2.70 bits per heavy atom. The van der Waals surface area contributed by atoms with Gasteiger partial charge in [-0.2, -0.15) is 0 Å². The summed E-state index contributed by atoms with van der Waals surface area (Å²) in [6.07, 6.45) is 0.702. The minimum Gasteiger partial charge on any atom is -0.319 e. The van der Waals surface area contributed by atoms with Gasteiger partial charge in [-0.15, -0.1) is 0 Å². The van der Waals surface area contributed by atoms with Crippen LogP contribution in [0.4, 0.5) is 4.39 Å². The van der Waals surface area contributed by atoms with Gasteiger partial charge in [-0.1, -0.05) is 51.8 Å². The van der Waals surface area contributed by atoms with Crippen molar-refractivity contribution in [3.05, 3.63) is 68.9 Å². The van der Waals surface area contributed by atoms with Gasteiger partial charge in [0.05, 0.1) is 5.02 Å². The highest BCUT2D eigenvalue weighted by atomic mass is 79.9. The van der Waals surface area contributed by atoms with Crippen LogP contribution in [0.2, 0.25) is 5.02 Å². The molecule has 1 unspecified atom stereocenters. The predicted molar refractivity (Wildman–Crippen MR) is 85.9 cm³/mol. The van der Waals surface area contributed by atoms with E-state index in [-0.39, 0.29) is 16.8 Å². The summed E-state index contributed by atoms with van der Waals surface area (Å²) in [4.78, 5) is 0. The highest BCUT2D eigenvalue weighted by molar-refractivity contribution is 9.10. The average molecular weight is 357 g/mol. The van der Waals surface area contributed by atoms with Crippen LogP contribution in [-0.2, 0) is 6.42 Å². The van der Waals surface area contributed by atoms with E-state index in [0.717, 1.165) is 16.6 Å². The van der Waals surface area contributed by atoms with Crippen molar-refractivity contribution in [2.45, 2.75) is 12.3 Å². The highest BCUT2D eigenvalue weighted by Gasteiger charge is 2.15. The van der Waals surface area contributed by atoms with E-state index in [9.17, 15) is 4.39 Å². The molecule has 1 atom stereocenters. The fourth-order valence-corrected chi connectivity index (χ4v) is 2.91. The number of hydrogen-bond acceptors (Lipinski definition) is 1. The number of benzene rings is 2. The molecular weight excluding hydrogens is 341 g/mol. The van der Waals surface area contributed by atoms with E-state index in [1.54, 1.807) is 6.07 Å². The van der Waals surface area contributed by atoms with Crippen molar-refractivity contribution in [1.29, 1.82) is 0 Å². The molecule has 0 amide bonds. The maximum Gasteiger partial charge on any atom is 0.142 e. The third-order valence-electron chi connectivity index (χ3n) is 3.27. The minimum absolute atomic E-state index is 0.226. The van der Waals surface area contributed by atoms with Gasteiger partial charge < -0.3 is 5.32 Å². The first-order valence-electron chi connectivity index (χ1n) is 6.44. The summed E-state index contributed by atoms with van der Waals surface area (Å²) in [5.41, 5.74) is 2.04. The minimum atomic E-state index is -0.360. The van der Waals surface area contributed by atoms with E-state index in [0.29, 0.717) is 6.42 Å². The third kappa shape index (κ3) is 3.81. The molecule has 0 saturated carbocycles. The van der Waals surface area contributed by atoms with Crippen LogP contribution in [0.15, 0.2) is 46.9 Å². The van der Waals surface area contributed by atoms with Crippen molar-refractivity contribution < 1.29 is 4.39 Å². The summed E-state index contributed by atoms with van der Waals surface area (Å²) in [5, 5.41) is 3.41. The van der Waals surface area contributed by atoms with Gasteiger partial charge in [-0.3, -0.25) is 0 Å². The van der Waals surface area contributed by atoms with E-state index < -0.39 is 0 Å². The van der Waals surface area contributed by atoms with Crippen LogP contribution in [0.25, 0.3) is 0 Å².